The minimum Gasteiger partial charge on any atom is -0.756 e. The van der Waals surface area contributed by atoms with Crippen LogP contribution >= 0.6 is 7.82 Å². The summed E-state index contributed by atoms with van der Waals surface area (Å²) >= 11 is 0. The lowest BCUT2D eigenvalue weighted by Gasteiger charge is -2.30. The highest BCUT2D eigenvalue weighted by molar-refractivity contribution is 7.45. The van der Waals surface area contributed by atoms with E-state index in [4.69, 9.17) is 13.8 Å². The fraction of sp³-hybridized carbons (Fsp3) is 0.722. The van der Waals surface area contributed by atoms with Crippen molar-refractivity contribution >= 4 is 19.7 Å². The number of ether oxygens (including phenoxy) is 1. The molecular weight excluding hydrogens is 1040 g/mol. The molecule has 10 heteroatoms. The Morgan fingerprint density at radius 1 is 0.439 bits per heavy atom. The first-order valence-electron chi connectivity index (χ1n) is 33.7. The van der Waals surface area contributed by atoms with Crippen molar-refractivity contribution < 1.29 is 37.3 Å². The van der Waals surface area contributed by atoms with Gasteiger partial charge in [-0.3, -0.25) is 14.2 Å². The van der Waals surface area contributed by atoms with Gasteiger partial charge in [-0.1, -0.05) is 265 Å². The number of carbonyl (C=O) groups is 2. The number of hydrogen-bond acceptors (Lipinski definition) is 7. The molecule has 0 fully saturated rings. The van der Waals surface area contributed by atoms with Crippen molar-refractivity contribution in [3.05, 3.63) is 109 Å². The number of nitrogens with one attached hydrogen (secondary N) is 1. The second kappa shape index (κ2) is 60.8. The highest BCUT2D eigenvalue weighted by Crippen LogP contribution is 2.38. The number of hydrogen-bond donors (Lipinski definition) is 1. The van der Waals surface area contributed by atoms with E-state index in [2.05, 4.69) is 123 Å². The van der Waals surface area contributed by atoms with Crippen molar-refractivity contribution in [3.8, 4) is 0 Å². The van der Waals surface area contributed by atoms with Gasteiger partial charge in [0.05, 0.1) is 33.8 Å². The summed E-state index contributed by atoms with van der Waals surface area (Å²) in [7, 11) is 1.15. The van der Waals surface area contributed by atoms with Crippen LogP contribution in [0.4, 0.5) is 0 Å². The Balaban J connectivity index is 5.18. The molecule has 472 valence electrons. The van der Waals surface area contributed by atoms with Crippen molar-refractivity contribution in [1.82, 2.24) is 5.32 Å². The molecule has 0 aliphatic rings. The standard InChI is InChI=1S/C72H127N2O7P/c1-7-10-13-16-19-22-25-28-30-32-34-35-36-37-38-39-41-42-44-46-49-52-55-58-61-64-71(75)73-69(68-80-82(77,78)79-67-66-74(4,5)6)70(63-60-57-54-51-48-27-24-21-18-15-12-9-3)81-72(76)65-62-59-56-53-50-47-45-43-40-33-31-29-26-23-20-17-14-11-8-2/h11,14,19-20,22-23,28-31,34-35,40,43,47,50,60,63,69-70H,7-10,12-13,15-18,21,24-27,32-33,36-39,41-42,44-46,48-49,51-59,61-62,64-68H2,1-6H3,(H-,73,75,77,78)/b14-11-,22-19-,23-20-,30-28-,31-29-,35-34-,43-40-,50-47-,63-60-. The molecule has 3 atom stereocenters. The number of quaternary nitrogens is 1. The normalized spacial score (nSPS) is 14.3. The summed E-state index contributed by atoms with van der Waals surface area (Å²) < 4.78 is 30.4. The predicted octanol–water partition coefficient (Wildman–Crippen LogP) is 20.7. The van der Waals surface area contributed by atoms with E-state index < -0.39 is 26.6 Å². The number of unbranched alkanes of at least 4 members (excludes halogenated alkanes) is 28. The molecule has 3 unspecified atom stereocenters. The molecule has 0 rings (SSSR count). The maximum absolute atomic E-state index is 13.6. The summed E-state index contributed by atoms with van der Waals surface area (Å²) in [5.41, 5.74) is 0. The molecule has 0 heterocycles. The van der Waals surface area contributed by atoms with Gasteiger partial charge in [-0.25, -0.2) is 0 Å². The Bertz CT molecular complexity index is 1770. The van der Waals surface area contributed by atoms with Crippen LogP contribution in [-0.4, -0.2) is 69.4 Å². The zero-order chi connectivity index (χ0) is 60.0. The van der Waals surface area contributed by atoms with Gasteiger partial charge in [0, 0.05) is 12.8 Å². The van der Waals surface area contributed by atoms with Gasteiger partial charge in [0.15, 0.2) is 0 Å². The third-order valence-electron chi connectivity index (χ3n) is 14.4. The minimum atomic E-state index is -4.72. The lowest BCUT2D eigenvalue weighted by molar-refractivity contribution is -0.870. The monoisotopic (exact) mass is 1160 g/mol. The van der Waals surface area contributed by atoms with Crippen LogP contribution in [0.1, 0.15) is 284 Å². The van der Waals surface area contributed by atoms with Gasteiger partial charge < -0.3 is 28.5 Å². The zero-order valence-corrected chi connectivity index (χ0v) is 54.8. The molecule has 1 amide bonds. The smallest absolute Gasteiger partial charge is 0.306 e. The second-order valence-corrected chi connectivity index (χ2v) is 25.0. The molecule has 0 spiro atoms. The van der Waals surface area contributed by atoms with E-state index in [1.54, 1.807) is 0 Å². The molecule has 9 nitrogen and oxygen atoms in total. The highest BCUT2D eigenvalue weighted by Gasteiger charge is 2.27. The first-order valence-corrected chi connectivity index (χ1v) is 35.2. The number of allylic oxidation sites excluding steroid dienone is 17. The van der Waals surface area contributed by atoms with E-state index in [0.717, 1.165) is 109 Å². The number of phosphoric acid groups is 1. The van der Waals surface area contributed by atoms with E-state index in [-0.39, 0.29) is 24.9 Å². The van der Waals surface area contributed by atoms with Crippen LogP contribution < -0.4 is 10.2 Å². The maximum atomic E-state index is 13.6. The van der Waals surface area contributed by atoms with Crippen LogP contribution in [0.15, 0.2) is 109 Å². The van der Waals surface area contributed by atoms with Crippen LogP contribution in [0.2, 0.25) is 0 Å². The van der Waals surface area contributed by atoms with Gasteiger partial charge in [-0.15, -0.1) is 0 Å². The van der Waals surface area contributed by atoms with Gasteiger partial charge in [0.25, 0.3) is 7.82 Å². The molecule has 0 aromatic rings. The topological polar surface area (TPSA) is 114 Å². The highest BCUT2D eigenvalue weighted by atomic mass is 31.2. The fourth-order valence-electron chi connectivity index (χ4n) is 9.26. The lowest BCUT2D eigenvalue weighted by atomic mass is 10.0. The molecule has 0 aromatic carbocycles. The Kier molecular flexibility index (Phi) is 58.3. The maximum Gasteiger partial charge on any atom is 0.306 e. The summed E-state index contributed by atoms with van der Waals surface area (Å²) in [6.07, 6.45) is 83.5. The number of esters is 1. The number of carbonyl (C=O) groups excluding carboxylic acids is 2. The number of amides is 1. The largest absolute Gasteiger partial charge is 0.756 e. The number of nitrogens with zero attached hydrogens (tertiary/aromatic N) is 1. The van der Waals surface area contributed by atoms with Gasteiger partial charge in [-0.05, 0) is 115 Å². The predicted molar refractivity (Wildman–Crippen MR) is 353 cm³/mol. The molecular formula is C72H127N2O7P. The molecule has 0 saturated carbocycles. The molecule has 0 aliphatic heterocycles. The van der Waals surface area contributed by atoms with Crippen LogP contribution in [0.5, 0.6) is 0 Å². The summed E-state index contributed by atoms with van der Waals surface area (Å²) in [6.45, 7) is 6.68. The van der Waals surface area contributed by atoms with Gasteiger partial charge in [0.2, 0.25) is 5.91 Å². The average molecular weight is 1160 g/mol. The van der Waals surface area contributed by atoms with Crippen molar-refractivity contribution in [2.24, 2.45) is 0 Å². The van der Waals surface area contributed by atoms with Crippen LogP contribution in [0.3, 0.4) is 0 Å². The summed E-state index contributed by atoms with van der Waals surface area (Å²) in [4.78, 5) is 40.1. The first kappa shape index (κ1) is 78.7. The molecule has 0 radical (unpaired) electrons. The van der Waals surface area contributed by atoms with Gasteiger partial charge in [0.1, 0.15) is 19.3 Å². The minimum absolute atomic E-state index is 0.0330. The average Bonchev–Trinajstić information content (AvgIpc) is 3.44. The molecule has 1 N–H and O–H groups in total. The molecule has 0 aromatic heterocycles. The van der Waals surface area contributed by atoms with E-state index in [1.165, 1.54) is 135 Å². The van der Waals surface area contributed by atoms with E-state index >= 15 is 0 Å². The summed E-state index contributed by atoms with van der Waals surface area (Å²) in [5.74, 6) is -0.582. The van der Waals surface area contributed by atoms with Crippen LogP contribution in [0.25, 0.3) is 0 Å². The Labute approximate surface area is 506 Å². The SMILES string of the molecule is CC/C=C\C/C=C\C/C=C\C/C=C\C/C=C\CCCCCC(=O)OC(/C=C\CCCCCCCCCCCC)C(COP(=O)([O-])OCC[N+](C)(C)C)NC(=O)CCCCCCCCCCCCCC/C=C\C/C=C\C/C=C\CCCCC. The van der Waals surface area contributed by atoms with Crippen molar-refractivity contribution in [2.45, 2.75) is 296 Å². The van der Waals surface area contributed by atoms with Crippen molar-refractivity contribution in [3.63, 3.8) is 0 Å². The Morgan fingerprint density at radius 2 is 0.780 bits per heavy atom. The third kappa shape index (κ3) is 61.2. The quantitative estimate of drug-likeness (QED) is 0.0212. The lowest BCUT2D eigenvalue weighted by Crippen LogP contribution is -2.47. The summed E-state index contributed by atoms with van der Waals surface area (Å²) in [6, 6.07) is -0.910. The van der Waals surface area contributed by atoms with E-state index in [0.29, 0.717) is 23.9 Å². The van der Waals surface area contributed by atoms with E-state index in [9.17, 15) is 19.0 Å². The molecule has 0 saturated heterocycles. The van der Waals surface area contributed by atoms with Gasteiger partial charge in [-0.2, -0.15) is 0 Å². The molecule has 0 aliphatic carbocycles. The second-order valence-electron chi connectivity index (χ2n) is 23.6. The Morgan fingerprint density at radius 3 is 1.21 bits per heavy atom. The first-order chi connectivity index (χ1) is 39.9. The third-order valence-corrected chi connectivity index (χ3v) is 15.4. The summed E-state index contributed by atoms with van der Waals surface area (Å²) in [5, 5.41) is 3.03. The number of rotatable bonds is 60. The fourth-order valence-corrected chi connectivity index (χ4v) is 9.98. The van der Waals surface area contributed by atoms with Crippen molar-refractivity contribution in [2.75, 3.05) is 40.9 Å². The van der Waals surface area contributed by atoms with E-state index in [1.807, 2.05) is 33.3 Å². The van der Waals surface area contributed by atoms with Crippen LogP contribution in [-0.2, 0) is 27.9 Å². The van der Waals surface area contributed by atoms with Gasteiger partial charge >= 0.3 is 5.97 Å². The van der Waals surface area contributed by atoms with Crippen LogP contribution in [0, 0.1) is 0 Å². The molecule has 0 bridgehead atoms. The zero-order valence-electron chi connectivity index (χ0n) is 53.9. The Hall–Kier alpha value is -3.33. The number of phosphoric ester groups is 1. The number of likely N-dealkylation sites (N-methyl/N-ethyl adjacent to an activating group) is 1. The van der Waals surface area contributed by atoms with Crippen molar-refractivity contribution in [1.29, 1.82) is 0 Å². The molecule has 82 heavy (non-hydrogen) atoms.